The van der Waals surface area contributed by atoms with Crippen LogP contribution in [0, 0.1) is 0 Å². The number of rotatable bonds is 10. The smallest absolute Gasteiger partial charge is 0.244 e. The Morgan fingerprint density at radius 3 is 2.30 bits per heavy atom. The van der Waals surface area contributed by atoms with Crippen molar-refractivity contribution in [2.24, 2.45) is 0 Å². The summed E-state index contributed by atoms with van der Waals surface area (Å²) >= 11 is 0. The van der Waals surface area contributed by atoms with Gasteiger partial charge < -0.3 is 14.8 Å². The molecular formula is C22H30N2O5S. The predicted octanol–water partition coefficient (Wildman–Crippen LogP) is 3.34. The van der Waals surface area contributed by atoms with E-state index >= 15 is 0 Å². The van der Waals surface area contributed by atoms with Crippen LogP contribution in [0.5, 0.6) is 11.5 Å². The maximum atomic E-state index is 12.9. The largest absolute Gasteiger partial charge is 0.497 e. The molecule has 2 rings (SSSR count). The Bertz CT molecular complexity index is 942. The van der Waals surface area contributed by atoms with Crippen molar-refractivity contribution in [3.05, 3.63) is 54.1 Å². The zero-order valence-corrected chi connectivity index (χ0v) is 18.9. The Hall–Kier alpha value is -2.74. The SMILES string of the molecule is CCC(C(=O)NCc1cccc(OC(C)C)c1)N(c1ccc(OC)cc1)S(C)(=O)=O. The van der Waals surface area contributed by atoms with Gasteiger partial charge in [0.15, 0.2) is 0 Å². The number of nitrogens with one attached hydrogen (secondary N) is 1. The molecule has 0 aliphatic heterocycles. The molecule has 8 heteroatoms. The van der Waals surface area contributed by atoms with Gasteiger partial charge in [-0.3, -0.25) is 9.10 Å². The molecule has 0 aromatic heterocycles. The highest BCUT2D eigenvalue weighted by Crippen LogP contribution is 2.25. The van der Waals surface area contributed by atoms with E-state index in [4.69, 9.17) is 9.47 Å². The van der Waals surface area contributed by atoms with Gasteiger partial charge in [0.25, 0.3) is 0 Å². The highest BCUT2D eigenvalue weighted by atomic mass is 32.2. The lowest BCUT2D eigenvalue weighted by molar-refractivity contribution is -0.122. The summed E-state index contributed by atoms with van der Waals surface area (Å²) < 4.78 is 37.0. The van der Waals surface area contributed by atoms with Gasteiger partial charge in [0, 0.05) is 6.54 Å². The Kier molecular flexibility index (Phi) is 8.11. The second kappa shape index (κ2) is 10.3. The molecule has 0 fully saturated rings. The van der Waals surface area contributed by atoms with Gasteiger partial charge in [0.2, 0.25) is 15.9 Å². The van der Waals surface area contributed by atoms with E-state index in [-0.39, 0.29) is 18.6 Å². The van der Waals surface area contributed by atoms with Crippen LogP contribution in [0.3, 0.4) is 0 Å². The van der Waals surface area contributed by atoms with Gasteiger partial charge in [0.1, 0.15) is 17.5 Å². The van der Waals surface area contributed by atoms with Crippen molar-refractivity contribution in [1.82, 2.24) is 5.32 Å². The number of carbonyl (C=O) groups excluding carboxylic acids is 1. The number of carbonyl (C=O) groups is 1. The van der Waals surface area contributed by atoms with E-state index < -0.39 is 16.1 Å². The summed E-state index contributed by atoms with van der Waals surface area (Å²) in [4.78, 5) is 12.9. The number of nitrogens with zero attached hydrogens (tertiary/aromatic N) is 1. The van der Waals surface area contributed by atoms with Gasteiger partial charge in [0.05, 0.1) is 25.2 Å². The van der Waals surface area contributed by atoms with Crippen LogP contribution in [0.4, 0.5) is 5.69 Å². The minimum absolute atomic E-state index is 0.0483. The first-order chi connectivity index (χ1) is 14.2. The third-order valence-electron chi connectivity index (χ3n) is 4.39. The van der Waals surface area contributed by atoms with Crippen molar-refractivity contribution in [3.8, 4) is 11.5 Å². The number of hydrogen-bond donors (Lipinski definition) is 1. The average Bonchev–Trinajstić information content (AvgIpc) is 2.69. The minimum Gasteiger partial charge on any atom is -0.497 e. The summed E-state index contributed by atoms with van der Waals surface area (Å²) in [5, 5.41) is 2.85. The van der Waals surface area contributed by atoms with Crippen LogP contribution in [0.1, 0.15) is 32.8 Å². The molecule has 0 heterocycles. The maximum absolute atomic E-state index is 12.9. The molecule has 30 heavy (non-hydrogen) atoms. The Labute approximate surface area is 179 Å². The first-order valence-corrected chi connectivity index (χ1v) is 11.7. The van der Waals surface area contributed by atoms with Crippen molar-refractivity contribution in [3.63, 3.8) is 0 Å². The van der Waals surface area contributed by atoms with E-state index in [9.17, 15) is 13.2 Å². The number of methoxy groups -OCH3 is 1. The second-order valence-electron chi connectivity index (χ2n) is 7.21. The van der Waals surface area contributed by atoms with Crippen LogP contribution in [-0.4, -0.2) is 39.8 Å². The summed E-state index contributed by atoms with van der Waals surface area (Å²) in [6, 6.07) is 13.2. The van der Waals surface area contributed by atoms with Crippen molar-refractivity contribution in [2.75, 3.05) is 17.7 Å². The lowest BCUT2D eigenvalue weighted by Crippen LogP contribution is -2.49. The fourth-order valence-corrected chi connectivity index (χ4v) is 4.31. The van der Waals surface area contributed by atoms with Gasteiger partial charge in [-0.05, 0) is 62.2 Å². The monoisotopic (exact) mass is 434 g/mol. The molecule has 0 saturated carbocycles. The average molecular weight is 435 g/mol. The van der Waals surface area contributed by atoms with Gasteiger partial charge >= 0.3 is 0 Å². The molecule has 1 amide bonds. The quantitative estimate of drug-likeness (QED) is 0.620. The summed E-state index contributed by atoms with van der Waals surface area (Å²) in [6.07, 6.45) is 1.47. The van der Waals surface area contributed by atoms with Crippen LogP contribution in [0.2, 0.25) is 0 Å². The fraction of sp³-hybridized carbons (Fsp3) is 0.409. The Balaban J connectivity index is 2.19. The van der Waals surface area contributed by atoms with Crippen LogP contribution in [0.15, 0.2) is 48.5 Å². The number of benzene rings is 2. The lowest BCUT2D eigenvalue weighted by atomic mass is 10.1. The molecule has 1 unspecified atom stereocenters. The second-order valence-corrected chi connectivity index (χ2v) is 9.07. The zero-order valence-electron chi connectivity index (χ0n) is 18.1. The number of amides is 1. The molecule has 7 nitrogen and oxygen atoms in total. The summed E-state index contributed by atoms with van der Waals surface area (Å²) in [5.41, 5.74) is 1.28. The molecule has 164 valence electrons. The highest BCUT2D eigenvalue weighted by Gasteiger charge is 2.31. The van der Waals surface area contributed by atoms with Crippen molar-refractivity contribution in [1.29, 1.82) is 0 Å². The molecule has 1 atom stereocenters. The molecule has 0 radical (unpaired) electrons. The standard InChI is InChI=1S/C22H30N2O5S/c1-6-21(24(30(5,26)27)18-10-12-19(28-4)13-11-18)22(25)23-15-17-8-7-9-20(14-17)29-16(2)3/h7-14,16,21H,6,15H2,1-5H3,(H,23,25). The van der Waals surface area contributed by atoms with Crippen LogP contribution >= 0.6 is 0 Å². The maximum Gasteiger partial charge on any atom is 0.244 e. The van der Waals surface area contributed by atoms with Crippen LogP contribution in [-0.2, 0) is 21.4 Å². The molecule has 0 saturated heterocycles. The van der Waals surface area contributed by atoms with Crippen LogP contribution < -0.4 is 19.1 Å². The van der Waals surface area contributed by atoms with E-state index in [2.05, 4.69) is 5.32 Å². The fourth-order valence-electron chi connectivity index (χ4n) is 3.10. The van der Waals surface area contributed by atoms with Gasteiger partial charge in [-0.25, -0.2) is 8.42 Å². The molecule has 0 bridgehead atoms. The lowest BCUT2D eigenvalue weighted by Gasteiger charge is -2.30. The highest BCUT2D eigenvalue weighted by molar-refractivity contribution is 7.92. The summed E-state index contributed by atoms with van der Waals surface area (Å²) in [6.45, 7) is 5.94. The van der Waals surface area contributed by atoms with Gasteiger partial charge in [-0.1, -0.05) is 19.1 Å². The van der Waals surface area contributed by atoms with Crippen molar-refractivity contribution < 1.29 is 22.7 Å². The minimum atomic E-state index is -3.69. The zero-order chi connectivity index (χ0) is 22.3. The van der Waals surface area contributed by atoms with E-state index in [1.807, 2.05) is 38.1 Å². The van der Waals surface area contributed by atoms with Crippen molar-refractivity contribution in [2.45, 2.75) is 45.9 Å². The summed E-state index contributed by atoms with van der Waals surface area (Å²) in [5.74, 6) is 0.960. The topological polar surface area (TPSA) is 84.9 Å². The molecule has 0 spiro atoms. The first kappa shape index (κ1) is 23.5. The van der Waals surface area contributed by atoms with Crippen molar-refractivity contribution >= 4 is 21.6 Å². The molecule has 1 N–H and O–H groups in total. The summed E-state index contributed by atoms with van der Waals surface area (Å²) in [7, 11) is -2.15. The predicted molar refractivity (Wildman–Crippen MR) is 118 cm³/mol. The van der Waals surface area contributed by atoms with Gasteiger partial charge in [-0.15, -0.1) is 0 Å². The third kappa shape index (κ3) is 6.38. The third-order valence-corrected chi connectivity index (χ3v) is 5.57. The number of sulfonamides is 1. The van der Waals surface area contributed by atoms with E-state index in [1.165, 1.54) is 7.11 Å². The number of anilines is 1. The number of hydrogen-bond acceptors (Lipinski definition) is 5. The molecule has 0 aliphatic carbocycles. The molecule has 2 aromatic carbocycles. The molecule has 2 aromatic rings. The normalized spacial score (nSPS) is 12.3. The Morgan fingerprint density at radius 1 is 1.10 bits per heavy atom. The van der Waals surface area contributed by atoms with Gasteiger partial charge in [-0.2, -0.15) is 0 Å². The van der Waals surface area contributed by atoms with E-state index in [0.717, 1.165) is 21.9 Å². The van der Waals surface area contributed by atoms with E-state index in [0.29, 0.717) is 17.9 Å². The van der Waals surface area contributed by atoms with Crippen LogP contribution in [0.25, 0.3) is 0 Å². The first-order valence-electron chi connectivity index (χ1n) is 9.82. The molecule has 0 aliphatic rings. The van der Waals surface area contributed by atoms with E-state index in [1.54, 1.807) is 31.2 Å². The molecular weight excluding hydrogens is 404 g/mol. The number of ether oxygens (including phenoxy) is 2. The Morgan fingerprint density at radius 2 is 1.77 bits per heavy atom.